The molecule has 0 spiro atoms. The number of rotatable bonds is 2. The third-order valence-corrected chi connectivity index (χ3v) is 5.45. The third-order valence-electron chi connectivity index (χ3n) is 3.89. The lowest BCUT2D eigenvalue weighted by Gasteiger charge is -2.35. The number of nitrogens with zero attached hydrogens (tertiary/aromatic N) is 1. The van der Waals surface area contributed by atoms with E-state index in [1.54, 1.807) is 0 Å². The van der Waals surface area contributed by atoms with Crippen molar-refractivity contribution in [2.24, 2.45) is 0 Å². The van der Waals surface area contributed by atoms with Crippen molar-refractivity contribution in [1.29, 1.82) is 0 Å². The molecule has 0 saturated heterocycles. The Kier molecular flexibility index (Phi) is 4.91. The van der Waals surface area contributed by atoms with E-state index in [-0.39, 0.29) is 17.3 Å². The minimum Gasteiger partial charge on any atom is -0.337 e. The van der Waals surface area contributed by atoms with E-state index in [0.29, 0.717) is 0 Å². The molecule has 19 heavy (non-hydrogen) atoms. The predicted octanol–water partition coefficient (Wildman–Crippen LogP) is 4.38. The van der Waals surface area contributed by atoms with Gasteiger partial charge in [0.2, 0.25) is 0 Å². The van der Waals surface area contributed by atoms with E-state index in [4.69, 9.17) is 11.6 Å². The van der Waals surface area contributed by atoms with Gasteiger partial charge in [0, 0.05) is 17.6 Å². The highest BCUT2D eigenvalue weighted by Gasteiger charge is 2.30. The monoisotopic (exact) mass is 343 g/mol. The van der Waals surface area contributed by atoms with Gasteiger partial charge >= 0.3 is 0 Å². The van der Waals surface area contributed by atoms with E-state index in [0.717, 1.165) is 34.9 Å². The topological polar surface area (TPSA) is 20.3 Å². The van der Waals surface area contributed by atoms with Crippen molar-refractivity contribution in [3.05, 3.63) is 33.8 Å². The van der Waals surface area contributed by atoms with Crippen LogP contribution in [0.4, 0.5) is 0 Å². The quantitative estimate of drug-likeness (QED) is 0.729. The van der Waals surface area contributed by atoms with Crippen LogP contribution in [0.2, 0.25) is 0 Å². The van der Waals surface area contributed by atoms with Crippen LogP contribution < -0.4 is 0 Å². The van der Waals surface area contributed by atoms with E-state index in [2.05, 4.69) is 15.9 Å². The van der Waals surface area contributed by atoms with Gasteiger partial charge in [-0.25, -0.2) is 0 Å². The summed E-state index contributed by atoms with van der Waals surface area (Å²) in [5.74, 6) is 0.0492. The number of amides is 1. The number of aryl methyl sites for hydroxylation is 1. The molecular formula is C15H19BrClNO. The smallest absolute Gasteiger partial charge is 0.255 e. The number of benzene rings is 1. The Morgan fingerprint density at radius 2 is 2.05 bits per heavy atom. The van der Waals surface area contributed by atoms with Crippen molar-refractivity contribution in [1.82, 2.24) is 4.90 Å². The second kappa shape index (κ2) is 6.27. The summed E-state index contributed by atoms with van der Waals surface area (Å²) < 4.78 is 0.883. The molecule has 0 aromatic heterocycles. The van der Waals surface area contributed by atoms with Crippen LogP contribution in [0.1, 0.15) is 41.6 Å². The highest BCUT2D eigenvalue weighted by Crippen LogP contribution is 2.29. The SMILES string of the molecule is Cc1cccc(C(=O)N(C)C2CCCCC2Cl)c1Br. The van der Waals surface area contributed by atoms with Crippen LogP contribution in [0.5, 0.6) is 0 Å². The molecule has 4 heteroatoms. The average molecular weight is 345 g/mol. The van der Waals surface area contributed by atoms with E-state index >= 15 is 0 Å². The van der Waals surface area contributed by atoms with Crippen molar-refractivity contribution < 1.29 is 4.79 Å². The molecule has 0 N–H and O–H groups in total. The molecule has 2 rings (SSSR count). The first-order chi connectivity index (χ1) is 9.02. The molecule has 1 fully saturated rings. The van der Waals surface area contributed by atoms with Crippen LogP contribution in [0.25, 0.3) is 0 Å². The molecule has 2 unspecified atom stereocenters. The Hall–Kier alpha value is -0.540. The summed E-state index contributed by atoms with van der Waals surface area (Å²) in [5.41, 5.74) is 1.79. The Balaban J connectivity index is 2.21. The fourth-order valence-corrected chi connectivity index (χ4v) is 3.54. The van der Waals surface area contributed by atoms with Crippen LogP contribution in [-0.4, -0.2) is 29.3 Å². The largest absolute Gasteiger partial charge is 0.337 e. The number of carbonyl (C=O) groups is 1. The van der Waals surface area contributed by atoms with Crippen molar-refractivity contribution in [2.45, 2.75) is 44.0 Å². The fourth-order valence-electron chi connectivity index (χ4n) is 2.66. The lowest BCUT2D eigenvalue weighted by Crippen LogP contribution is -2.44. The molecule has 0 heterocycles. The first kappa shape index (κ1) is 14.9. The summed E-state index contributed by atoms with van der Waals surface area (Å²) in [6, 6.07) is 5.92. The standard InChI is InChI=1S/C15H19BrClNO/c1-10-6-5-7-11(14(10)16)15(19)18(2)13-9-4-3-8-12(13)17/h5-7,12-13H,3-4,8-9H2,1-2H3. The lowest BCUT2D eigenvalue weighted by molar-refractivity contribution is 0.0699. The average Bonchev–Trinajstić information content (AvgIpc) is 2.41. The van der Waals surface area contributed by atoms with E-state index in [9.17, 15) is 4.79 Å². The molecule has 0 radical (unpaired) electrons. The molecule has 1 aromatic carbocycles. The van der Waals surface area contributed by atoms with Gasteiger partial charge in [0.25, 0.3) is 5.91 Å². The predicted molar refractivity (Wildman–Crippen MR) is 82.9 cm³/mol. The second-order valence-corrected chi connectivity index (χ2v) is 6.57. The number of hydrogen-bond acceptors (Lipinski definition) is 1. The van der Waals surface area contributed by atoms with Gasteiger partial charge in [-0.3, -0.25) is 4.79 Å². The summed E-state index contributed by atoms with van der Waals surface area (Å²) in [4.78, 5) is 14.4. The maximum absolute atomic E-state index is 12.6. The first-order valence-electron chi connectivity index (χ1n) is 6.68. The molecular weight excluding hydrogens is 326 g/mol. The molecule has 2 atom stereocenters. The van der Waals surface area contributed by atoms with Gasteiger partial charge in [0.05, 0.1) is 10.9 Å². The Labute approximate surface area is 128 Å². The van der Waals surface area contributed by atoms with Gasteiger partial charge in [0.15, 0.2) is 0 Å². The second-order valence-electron chi connectivity index (χ2n) is 5.22. The van der Waals surface area contributed by atoms with Gasteiger partial charge in [-0.15, -0.1) is 11.6 Å². The van der Waals surface area contributed by atoms with Crippen LogP contribution >= 0.6 is 27.5 Å². The van der Waals surface area contributed by atoms with Gasteiger partial charge in [-0.05, 0) is 47.3 Å². The summed E-state index contributed by atoms with van der Waals surface area (Å²) in [5, 5.41) is 0.0753. The van der Waals surface area contributed by atoms with Crippen LogP contribution in [0.3, 0.4) is 0 Å². The fraction of sp³-hybridized carbons (Fsp3) is 0.533. The molecule has 104 valence electrons. The molecule has 0 bridgehead atoms. The summed E-state index contributed by atoms with van der Waals surface area (Å²) in [6.07, 6.45) is 4.32. The van der Waals surface area contributed by atoms with Gasteiger partial charge in [0.1, 0.15) is 0 Å². The Morgan fingerprint density at radius 3 is 2.74 bits per heavy atom. The zero-order valence-corrected chi connectivity index (χ0v) is 13.7. The molecule has 1 saturated carbocycles. The van der Waals surface area contributed by atoms with Crippen LogP contribution in [0.15, 0.2) is 22.7 Å². The van der Waals surface area contributed by atoms with Crippen molar-refractivity contribution in [3.63, 3.8) is 0 Å². The summed E-state index contributed by atoms with van der Waals surface area (Å²) in [6.45, 7) is 1.99. The van der Waals surface area contributed by atoms with Gasteiger partial charge in [-0.1, -0.05) is 25.0 Å². The van der Waals surface area contributed by atoms with Gasteiger partial charge < -0.3 is 4.90 Å². The molecule has 2 nitrogen and oxygen atoms in total. The summed E-state index contributed by atoms with van der Waals surface area (Å²) >= 11 is 9.88. The zero-order chi connectivity index (χ0) is 14.0. The molecule has 1 amide bonds. The first-order valence-corrected chi connectivity index (χ1v) is 7.91. The summed E-state index contributed by atoms with van der Waals surface area (Å²) in [7, 11) is 1.86. The highest BCUT2D eigenvalue weighted by molar-refractivity contribution is 9.10. The van der Waals surface area contributed by atoms with E-state index in [1.807, 2.05) is 37.1 Å². The molecule has 1 aliphatic carbocycles. The van der Waals surface area contributed by atoms with Gasteiger partial charge in [-0.2, -0.15) is 0 Å². The molecule has 1 aliphatic rings. The van der Waals surface area contributed by atoms with Crippen molar-refractivity contribution in [3.8, 4) is 0 Å². The van der Waals surface area contributed by atoms with Crippen molar-refractivity contribution in [2.75, 3.05) is 7.05 Å². The number of hydrogen-bond donors (Lipinski definition) is 0. The Bertz CT molecular complexity index is 477. The van der Waals surface area contributed by atoms with Crippen molar-refractivity contribution >= 4 is 33.4 Å². The number of carbonyl (C=O) groups excluding carboxylic acids is 1. The van der Waals surface area contributed by atoms with Crippen LogP contribution in [0, 0.1) is 6.92 Å². The minimum atomic E-state index is 0.0492. The molecule has 1 aromatic rings. The lowest BCUT2D eigenvalue weighted by atomic mass is 9.93. The third kappa shape index (κ3) is 3.14. The zero-order valence-electron chi connectivity index (χ0n) is 11.3. The van der Waals surface area contributed by atoms with E-state index in [1.165, 1.54) is 6.42 Å². The normalized spacial score (nSPS) is 23.2. The maximum atomic E-state index is 12.6. The maximum Gasteiger partial charge on any atom is 0.255 e. The highest BCUT2D eigenvalue weighted by atomic mass is 79.9. The van der Waals surface area contributed by atoms with Crippen LogP contribution in [-0.2, 0) is 0 Å². The molecule has 0 aliphatic heterocycles. The number of halogens is 2. The number of alkyl halides is 1. The Morgan fingerprint density at radius 1 is 1.37 bits per heavy atom. The van der Waals surface area contributed by atoms with E-state index < -0.39 is 0 Å². The minimum absolute atomic E-state index is 0.0492.